The van der Waals surface area contributed by atoms with Crippen molar-refractivity contribution in [1.82, 2.24) is 0 Å². The van der Waals surface area contributed by atoms with E-state index in [1.54, 1.807) is 56.3 Å². The molecule has 0 aliphatic carbocycles. The number of nitrogens with zero attached hydrogens (tertiary/aromatic N) is 6. The molecule has 0 radical (unpaired) electrons. The van der Waals surface area contributed by atoms with Crippen molar-refractivity contribution >= 4 is 11.8 Å². The summed E-state index contributed by atoms with van der Waals surface area (Å²) in [5.74, 6) is 0.0239. The monoisotopic (exact) mass is 328 g/mol. The van der Waals surface area contributed by atoms with Crippen LogP contribution in [0.5, 0.6) is 0 Å². The van der Waals surface area contributed by atoms with Gasteiger partial charge in [0.25, 0.3) is 5.70 Å². The molecule has 1 aliphatic rings. The van der Waals surface area contributed by atoms with Gasteiger partial charge in [0.1, 0.15) is 11.4 Å². The van der Waals surface area contributed by atoms with Crippen LogP contribution in [0.2, 0.25) is 0 Å². The lowest BCUT2D eigenvalue weighted by atomic mass is 9.96. The molecule has 2 rings (SSSR count). The molecule has 120 valence electrons. The van der Waals surface area contributed by atoms with E-state index in [4.69, 9.17) is 28.7 Å². The van der Waals surface area contributed by atoms with Gasteiger partial charge in [-0.2, -0.15) is 0 Å². The van der Waals surface area contributed by atoms with Gasteiger partial charge >= 0.3 is 0 Å². The van der Waals surface area contributed by atoms with Gasteiger partial charge in [0.2, 0.25) is 5.70 Å². The molecule has 0 fully saturated rings. The molecular weight excluding hydrogens is 316 g/mol. The molecule has 1 aromatic rings. The molecule has 1 aliphatic heterocycles. The highest BCUT2D eigenvalue weighted by molar-refractivity contribution is 5.62. The molecule has 1 heterocycles. The zero-order chi connectivity index (χ0) is 18.4. The third kappa shape index (κ3) is 3.51. The summed E-state index contributed by atoms with van der Waals surface area (Å²) in [4.78, 5) is 9.31. The van der Waals surface area contributed by atoms with Crippen LogP contribution in [-0.4, -0.2) is 5.60 Å². The first-order chi connectivity index (χ1) is 12.0. The largest absolute Gasteiger partial charge is 0.505 e. The number of hydrogen-bond acceptors (Lipinski definition) is 3. The Morgan fingerprint density at radius 3 is 2.48 bits per heavy atom. The molecule has 0 spiro atoms. The minimum atomic E-state index is -0.830. The molecule has 0 unspecified atom stereocenters. The zero-order valence-corrected chi connectivity index (χ0v) is 13.6. The predicted molar refractivity (Wildman–Crippen MR) is 92.3 cm³/mol. The lowest BCUT2D eigenvalue weighted by molar-refractivity contribution is 0.0952. The summed E-state index contributed by atoms with van der Waals surface area (Å²) in [5.41, 5.74) is 9.45. The molecular formula is C18H12N6O. The molecule has 1 aromatic carbocycles. The standard InChI is InChI=1S/C18H12N6O/c1-18(2)14(16(22-4)17(25-18)15(11-19)21-3)10-7-12-5-8-13(9-6-12)23-24-20/h5-10H,1-2H3/b10-7+,17-15+. The van der Waals surface area contributed by atoms with Crippen molar-refractivity contribution in [3.63, 3.8) is 0 Å². The third-order valence-electron chi connectivity index (χ3n) is 3.52. The van der Waals surface area contributed by atoms with Crippen LogP contribution in [0.15, 0.2) is 58.2 Å². The van der Waals surface area contributed by atoms with Crippen molar-refractivity contribution in [1.29, 1.82) is 5.26 Å². The fourth-order valence-corrected chi connectivity index (χ4v) is 2.33. The first kappa shape index (κ1) is 17.4. The Balaban J connectivity index is 2.48. The van der Waals surface area contributed by atoms with Crippen LogP contribution in [-0.2, 0) is 4.74 Å². The number of benzene rings is 1. The molecule has 7 nitrogen and oxygen atoms in total. The van der Waals surface area contributed by atoms with Crippen LogP contribution >= 0.6 is 0 Å². The topological polar surface area (TPSA) is 90.5 Å². The Morgan fingerprint density at radius 1 is 1.28 bits per heavy atom. The van der Waals surface area contributed by atoms with Crippen molar-refractivity contribution in [2.75, 3.05) is 0 Å². The van der Waals surface area contributed by atoms with Crippen LogP contribution in [0, 0.1) is 24.5 Å². The summed E-state index contributed by atoms with van der Waals surface area (Å²) < 4.78 is 5.70. The highest BCUT2D eigenvalue weighted by Gasteiger charge is 2.38. The number of hydrogen-bond donors (Lipinski definition) is 0. The van der Waals surface area contributed by atoms with Crippen LogP contribution in [0.3, 0.4) is 0 Å². The van der Waals surface area contributed by atoms with Gasteiger partial charge in [-0.05, 0) is 24.9 Å². The maximum absolute atomic E-state index is 9.05. The summed E-state index contributed by atoms with van der Waals surface area (Å²) >= 11 is 0. The summed E-state index contributed by atoms with van der Waals surface area (Å²) in [6.45, 7) is 18.0. The van der Waals surface area contributed by atoms with E-state index < -0.39 is 5.60 Å². The summed E-state index contributed by atoms with van der Waals surface area (Å²) in [6, 6.07) is 8.68. The minimum Gasteiger partial charge on any atom is -0.505 e. The molecule has 0 N–H and O–H groups in total. The predicted octanol–water partition coefficient (Wildman–Crippen LogP) is 5.28. The Kier molecular flexibility index (Phi) is 4.91. The molecule has 0 atom stereocenters. The van der Waals surface area contributed by atoms with Gasteiger partial charge in [-0.1, -0.05) is 41.5 Å². The van der Waals surface area contributed by atoms with Gasteiger partial charge in [-0.15, -0.1) is 0 Å². The van der Waals surface area contributed by atoms with Crippen molar-refractivity contribution in [2.45, 2.75) is 19.4 Å². The third-order valence-corrected chi connectivity index (χ3v) is 3.52. The second kappa shape index (κ2) is 7.06. The smallest absolute Gasteiger partial charge is 0.292 e. The number of nitriles is 1. The van der Waals surface area contributed by atoms with Gasteiger partial charge in [-0.3, -0.25) is 0 Å². The zero-order valence-electron chi connectivity index (χ0n) is 13.6. The van der Waals surface area contributed by atoms with E-state index in [0.717, 1.165) is 5.56 Å². The molecule has 0 amide bonds. The van der Waals surface area contributed by atoms with E-state index in [9.17, 15) is 0 Å². The van der Waals surface area contributed by atoms with Gasteiger partial charge in [-0.25, -0.2) is 15.0 Å². The highest BCUT2D eigenvalue weighted by Crippen LogP contribution is 2.41. The number of allylic oxidation sites excluding steroid dienone is 1. The van der Waals surface area contributed by atoms with E-state index in [-0.39, 0.29) is 17.2 Å². The lowest BCUT2D eigenvalue weighted by Crippen LogP contribution is -2.20. The van der Waals surface area contributed by atoms with E-state index in [2.05, 4.69) is 19.7 Å². The second-order valence-corrected chi connectivity index (χ2v) is 5.50. The molecule has 25 heavy (non-hydrogen) atoms. The molecule has 0 bridgehead atoms. The van der Waals surface area contributed by atoms with Crippen LogP contribution in [0.4, 0.5) is 5.69 Å². The molecule has 0 aromatic heterocycles. The minimum absolute atomic E-state index is 0.0239. The molecule has 7 heteroatoms. The maximum Gasteiger partial charge on any atom is 0.292 e. The number of azide groups is 1. The van der Waals surface area contributed by atoms with E-state index >= 15 is 0 Å². The van der Waals surface area contributed by atoms with E-state index in [0.29, 0.717) is 11.3 Å². The van der Waals surface area contributed by atoms with Gasteiger partial charge < -0.3 is 4.74 Å². The van der Waals surface area contributed by atoms with Crippen molar-refractivity contribution < 1.29 is 4.74 Å². The van der Waals surface area contributed by atoms with Crippen molar-refractivity contribution in [2.24, 2.45) is 5.11 Å². The van der Waals surface area contributed by atoms with Gasteiger partial charge in [0.15, 0.2) is 0 Å². The molecule has 0 saturated heterocycles. The Morgan fingerprint density at radius 2 is 1.96 bits per heavy atom. The van der Waals surface area contributed by atoms with E-state index in [1.165, 1.54) is 0 Å². The van der Waals surface area contributed by atoms with Gasteiger partial charge in [0.05, 0.1) is 19.2 Å². The Hall–Kier alpha value is -3.98. The number of ether oxygens (including phenoxy) is 1. The maximum atomic E-state index is 9.05. The number of rotatable bonds is 3. The summed E-state index contributed by atoms with van der Waals surface area (Å²) in [5, 5.41) is 12.6. The van der Waals surface area contributed by atoms with Gasteiger partial charge in [0, 0.05) is 16.2 Å². The summed E-state index contributed by atoms with van der Waals surface area (Å²) in [7, 11) is 0. The Labute approximate surface area is 145 Å². The van der Waals surface area contributed by atoms with Crippen LogP contribution in [0.1, 0.15) is 19.4 Å². The lowest BCUT2D eigenvalue weighted by Gasteiger charge is -2.22. The van der Waals surface area contributed by atoms with Crippen molar-refractivity contribution in [3.05, 3.63) is 91.9 Å². The normalized spacial score (nSPS) is 17.1. The quantitative estimate of drug-likeness (QED) is 0.248. The average molecular weight is 328 g/mol. The van der Waals surface area contributed by atoms with Crippen LogP contribution in [0.25, 0.3) is 26.2 Å². The SMILES string of the molecule is [C-]#[N+]C1=C(/C=C/c2ccc(N=[N+]=[N-])cc2)C(C)(C)O/C1=C(\C#N)[N+]#[C-]. The Bertz CT molecular complexity index is 952. The molecule has 0 saturated carbocycles. The first-order valence-corrected chi connectivity index (χ1v) is 7.13. The van der Waals surface area contributed by atoms with Crippen LogP contribution < -0.4 is 0 Å². The fraction of sp³-hybridized carbons (Fsp3) is 0.167. The fourth-order valence-electron chi connectivity index (χ4n) is 2.33. The highest BCUT2D eigenvalue weighted by atomic mass is 16.5. The average Bonchev–Trinajstić information content (AvgIpc) is 2.85. The van der Waals surface area contributed by atoms with E-state index in [1.807, 2.05) is 0 Å². The van der Waals surface area contributed by atoms with Crippen molar-refractivity contribution in [3.8, 4) is 6.07 Å². The second-order valence-electron chi connectivity index (χ2n) is 5.50. The summed E-state index contributed by atoms with van der Waals surface area (Å²) in [6.07, 6.45) is 3.53. The first-order valence-electron chi connectivity index (χ1n) is 7.13.